The summed E-state index contributed by atoms with van der Waals surface area (Å²) in [6.45, 7) is 3.62. The summed E-state index contributed by atoms with van der Waals surface area (Å²) in [5.74, 6) is -0.246. The standard InChI is InChI=1S/C19H21NO3/c1-13-4-6-15(7-5-13)18(12-14(2)21)20-17-10-8-16(9-11-17)19(22)23-3/h4-11,18,20H,12H2,1-3H3/t18-/m0/s1. The SMILES string of the molecule is COC(=O)c1ccc(N[C@@H](CC(C)=O)c2ccc(C)cc2)cc1. The van der Waals surface area contributed by atoms with Crippen molar-refractivity contribution in [1.29, 1.82) is 0 Å². The Hall–Kier alpha value is -2.62. The van der Waals surface area contributed by atoms with Gasteiger partial charge in [0.05, 0.1) is 18.7 Å². The summed E-state index contributed by atoms with van der Waals surface area (Å²) >= 11 is 0. The highest BCUT2D eigenvalue weighted by Gasteiger charge is 2.14. The third-order valence-corrected chi connectivity index (χ3v) is 3.62. The Morgan fingerprint density at radius 3 is 2.17 bits per heavy atom. The van der Waals surface area contributed by atoms with E-state index in [9.17, 15) is 9.59 Å². The van der Waals surface area contributed by atoms with E-state index in [0.29, 0.717) is 12.0 Å². The number of carbonyl (C=O) groups excluding carboxylic acids is 2. The first-order chi connectivity index (χ1) is 11.0. The summed E-state index contributed by atoms with van der Waals surface area (Å²) in [4.78, 5) is 23.0. The van der Waals surface area contributed by atoms with Gasteiger partial charge in [0, 0.05) is 12.1 Å². The normalized spacial score (nSPS) is 11.6. The van der Waals surface area contributed by atoms with E-state index >= 15 is 0 Å². The van der Waals surface area contributed by atoms with Gasteiger partial charge in [0.15, 0.2) is 0 Å². The Morgan fingerprint density at radius 1 is 1.04 bits per heavy atom. The van der Waals surface area contributed by atoms with Crippen LogP contribution in [0.3, 0.4) is 0 Å². The molecule has 0 aliphatic heterocycles. The molecule has 2 aromatic carbocycles. The average Bonchev–Trinajstić information content (AvgIpc) is 2.54. The molecule has 2 aromatic rings. The topological polar surface area (TPSA) is 55.4 Å². The number of hydrogen-bond acceptors (Lipinski definition) is 4. The molecule has 1 atom stereocenters. The second-order valence-electron chi connectivity index (χ2n) is 5.58. The number of carbonyl (C=O) groups is 2. The maximum absolute atomic E-state index is 11.6. The van der Waals surface area contributed by atoms with Crippen LogP contribution in [0.5, 0.6) is 0 Å². The van der Waals surface area contributed by atoms with Crippen molar-refractivity contribution in [3.8, 4) is 0 Å². The van der Waals surface area contributed by atoms with Crippen molar-refractivity contribution in [2.24, 2.45) is 0 Å². The first-order valence-electron chi connectivity index (χ1n) is 7.50. The minimum Gasteiger partial charge on any atom is -0.465 e. The van der Waals surface area contributed by atoms with E-state index in [4.69, 9.17) is 0 Å². The number of ether oxygens (including phenoxy) is 1. The van der Waals surface area contributed by atoms with Gasteiger partial charge in [-0.05, 0) is 43.7 Å². The van der Waals surface area contributed by atoms with Crippen LogP contribution in [0.2, 0.25) is 0 Å². The molecule has 0 saturated carbocycles. The molecule has 4 nitrogen and oxygen atoms in total. The third kappa shape index (κ3) is 4.68. The molecule has 0 amide bonds. The molecule has 23 heavy (non-hydrogen) atoms. The fourth-order valence-electron chi connectivity index (χ4n) is 2.36. The highest BCUT2D eigenvalue weighted by Crippen LogP contribution is 2.24. The van der Waals surface area contributed by atoms with E-state index < -0.39 is 0 Å². The quantitative estimate of drug-likeness (QED) is 0.822. The van der Waals surface area contributed by atoms with Crippen LogP contribution in [0.1, 0.15) is 40.9 Å². The van der Waals surface area contributed by atoms with Gasteiger partial charge in [-0.2, -0.15) is 0 Å². The maximum Gasteiger partial charge on any atom is 0.337 e. The van der Waals surface area contributed by atoms with Crippen molar-refractivity contribution in [3.63, 3.8) is 0 Å². The molecule has 0 aliphatic rings. The number of methoxy groups -OCH3 is 1. The Bertz CT molecular complexity index is 675. The van der Waals surface area contributed by atoms with E-state index in [2.05, 4.69) is 10.1 Å². The van der Waals surface area contributed by atoms with Crippen LogP contribution in [-0.4, -0.2) is 18.9 Å². The van der Waals surface area contributed by atoms with Crippen LogP contribution in [0.25, 0.3) is 0 Å². The van der Waals surface area contributed by atoms with Crippen molar-refractivity contribution in [3.05, 3.63) is 65.2 Å². The van der Waals surface area contributed by atoms with Gasteiger partial charge in [0.1, 0.15) is 5.78 Å². The predicted molar refractivity (Wildman–Crippen MR) is 90.6 cm³/mol. The van der Waals surface area contributed by atoms with Gasteiger partial charge in [-0.3, -0.25) is 4.79 Å². The van der Waals surface area contributed by atoms with Crippen molar-refractivity contribution >= 4 is 17.4 Å². The van der Waals surface area contributed by atoms with Crippen molar-refractivity contribution < 1.29 is 14.3 Å². The molecule has 2 rings (SSSR count). The fraction of sp³-hybridized carbons (Fsp3) is 0.263. The average molecular weight is 311 g/mol. The lowest BCUT2D eigenvalue weighted by Gasteiger charge is -2.20. The molecule has 0 heterocycles. The smallest absolute Gasteiger partial charge is 0.337 e. The number of nitrogens with one attached hydrogen (secondary N) is 1. The summed E-state index contributed by atoms with van der Waals surface area (Å²) < 4.78 is 4.69. The van der Waals surface area contributed by atoms with Crippen LogP contribution >= 0.6 is 0 Å². The van der Waals surface area contributed by atoms with Gasteiger partial charge in [-0.15, -0.1) is 0 Å². The second kappa shape index (κ2) is 7.58. The number of aryl methyl sites for hydroxylation is 1. The molecule has 4 heteroatoms. The Labute approximate surface area is 136 Å². The highest BCUT2D eigenvalue weighted by molar-refractivity contribution is 5.89. The molecule has 0 unspecified atom stereocenters. The van der Waals surface area contributed by atoms with Crippen molar-refractivity contribution in [2.45, 2.75) is 26.3 Å². The van der Waals surface area contributed by atoms with Crippen LogP contribution < -0.4 is 5.32 Å². The molecule has 0 fully saturated rings. The molecule has 0 radical (unpaired) electrons. The zero-order chi connectivity index (χ0) is 16.8. The molecule has 0 saturated heterocycles. The number of hydrogen-bond donors (Lipinski definition) is 1. The zero-order valence-corrected chi connectivity index (χ0v) is 13.6. The lowest BCUT2D eigenvalue weighted by molar-refractivity contribution is -0.117. The Morgan fingerprint density at radius 2 is 1.65 bits per heavy atom. The lowest BCUT2D eigenvalue weighted by Crippen LogP contribution is -2.14. The molecular formula is C19H21NO3. The number of rotatable bonds is 6. The van der Waals surface area contributed by atoms with Gasteiger partial charge in [0.2, 0.25) is 0 Å². The minimum atomic E-state index is -0.365. The minimum absolute atomic E-state index is 0.0999. The predicted octanol–water partition coefficient (Wildman–Crippen LogP) is 3.91. The van der Waals surface area contributed by atoms with Gasteiger partial charge >= 0.3 is 5.97 Å². The monoisotopic (exact) mass is 311 g/mol. The maximum atomic E-state index is 11.6. The van der Waals surface area contributed by atoms with Crippen molar-refractivity contribution in [2.75, 3.05) is 12.4 Å². The molecule has 1 N–H and O–H groups in total. The van der Waals surface area contributed by atoms with Crippen LogP contribution in [0.15, 0.2) is 48.5 Å². The van der Waals surface area contributed by atoms with Gasteiger partial charge < -0.3 is 10.1 Å². The number of benzene rings is 2. The van der Waals surface area contributed by atoms with E-state index in [-0.39, 0.29) is 17.8 Å². The third-order valence-electron chi connectivity index (χ3n) is 3.62. The van der Waals surface area contributed by atoms with Crippen molar-refractivity contribution in [1.82, 2.24) is 0 Å². The molecule has 0 spiro atoms. The van der Waals surface area contributed by atoms with E-state index in [0.717, 1.165) is 11.3 Å². The zero-order valence-electron chi connectivity index (χ0n) is 13.6. The highest BCUT2D eigenvalue weighted by atomic mass is 16.5. The molecular weight excluding hydrogens is 290 g/mol. The van der Waals surface area contributed by atoms with Crippen LogP contribution in [-0.2, 0) is 9.53 Å². The van der Waals surface area contributed by atoms with Crippen LogP contribution in [0.4, 0.5) is 5.69 Å². The largest absolute Gasteiger partial charge is 0.465 e. The summed E-state index contributed by atoms with van der Waals surface area (Å²) in [6, 6.07) is 15.0. The number of esters is 1. The van der Waals surface area contributed by atoms with Gasteiger partial charge in [-0.25, -0.2) is 4.79 Å². The molecule has 120 valence electrons. The van der Waals surface area contributed by atoms with Gasteiger partial charge in [0.25, 0.3) is 0 Å². The first kappa shape index (κ1) is 16.7. The number of ketones is 1. The lowest BCUT2D eigenvalue weighted by atomic mass is 10.00. The first-order valence-corrected chi connectivity index (χ1v) is 7.50. The summed E-state index contributed by atoms with van der Waals surface area (Å²) in [7, 11) is 1.36. The summed E-state index contributed by atoms with van der Waals surface area (Å²) in [5, 5.41) is 3.36. The fourth-order valence-corrected chi connectivity index (χ4v) is 2.36. The molecule has 0 bridgehead atoms. The van der Waals surface area contributed by atoms with Crippen LogP contribution in [0, 0.1) is 6.92 Å². The second-order valence-corrected chi connectivity index (χ2v) is 5.58. The molecule has 0 aliphatic carbocycles. The summed E-state index contributed by atoms with van der Waals surface area (Å²) in [5.41, 5.74) is 3.58. The Kier molecular flexibility index (Phi) is 5.52. The number of Topliss-reactive ketones (excluding diaryl/α,β-unsaturated/α-hetero) is 1. The van der Waals surface area contributed by atoms with E-state index in [1.165, 1.54) is 12.7 Å². The summed E-state index contributed by atoms with van der Waals surface area (Å²) in [6.07, 6.45) is 0.405. The van der Waals surface area contributed by atoms with Gasteiger partial charge in [-0.1, -0.05) is 29.8 Å². The number of anilines is 1. The van der Waals surface area contributed by atoms with E-state index in [1.807, 2.05) is 43.3 Å². The molecule has 0 aromatic heterocycles. The van der Waals surface area contributed by atoms with E-state index in [1.54, 1.807) is 19.1 Å². The Balaban J connectivity index is 2.18.